The molecule has 0 fully saturated rings. The number of carbonyl (C=O) groups excluding carboxylic acids is 1. The van der Waals surface area contributed by atoms with Crippen LogP contribution >= 0.6 is 0 Å². The molecule has 0 bridgehead atoms. The lowest BCUT2D eigenvalue weighted by molar-refractivity contribution is -0.140. The van der Waals surface area contributed by atoms with Crippen LogP contribution < -0.4 is 4.74 Å². The van der Waals surface area contributed by atoms with E-state index in [0.717, 1.165) is 16.9 Å². The zero-order valence-electron chi connectivity index (χ0n) is 13.9. The first-order valence-electron chi connectivity index (χ1n) is 8.12. The molecule has 1 aliphatic rings. The van der Waals surface area contributed by atoms with E-state index in [4.69, 9.17) is 10.00 Å². The first kappa shape index (κ1) is 16.1. The number of amides is 1. The van der Waals surface area contributed by atoms with Crippen LogP contribution in [0.25, 0.3) is 0 Å². The molecule has 0 aromatic heterocycles. The van der Waals surface area contributed by atoms with Gasteiger partial charge in [-0.05, 0) is 43.2 Å². The molecule has 122 valence electrons. The maximum atomic E-state index is 12.9. The summed E-state index contributed by atoms with van der Waals surface area (Å²) in [5, 5.41) is 8.89. The van der Waals surface area contributed by atoms with Gasteiger partial charge in [0, 0.05) is 19.0 Å². The highest BCUT2D eigenvalue weighted by Crippen LogP contribution is 2.29. The van der Waals surface area contributed by atoms with Crippen molar-refractivity contribution in [2.45, 2.75) is 39.0 Å². The standard InChI is InChI=1S/C20H20N2O2/c1-14(2)22(13-16-9-7-15(12-21)8-10-16)20(23)19-11-17-5-3-4-6-18(17)24-19/h3-10,14,19H,11,13H2,1-2H3. The first-order valence-corrected chi connectivity index (χ1v) is 8.12. The van der Waals surface area contributed by atoms with Crippen molar-refractivity contribution in [1.82, 2.24) is 4.90 Å². The number of carbonyl (C=O) groups is 1. The third-order valence-electron chi connectivity index (χ3n) is 4.26. The van der Waals surface area contributed by atoms with Crippen LogP contribution in [0.15, 0.2) is 48.5 Å². The Morgan fingerprint density at radius 1 is 1.25 bits per heavy atom. The van der Waals surface area contributed by atoms with Gasteiger partial charge in [-0.2, -0.15) is 5.26 Å². The number of nitriles is 1. The van der Waals surface area contributed by atoms with E-state index in [-0.39, 0.29) is 11.9 Å². The summed E-state index contributed by atoms with van der Waals surface area (Å²) in [6.45, 7) is 4.52. The van der Waals surface area contributed by atoms with Crippen molar-refractivity contribution in [1.29, 1.82) is 5.26 Å². The number of hydrogen-bond acceptors (Lipinski definition) is 3. The molecule has 3 rings (SSSR count). The molecule has 0 N–H and O–H groups in total. The summed E-state index contributed by atoms with van der Waals surface area (Å²) >= 11 is 0. The van der Waals surface area contributed by atoms with E-state index in [1.165, 1.54) is 0 Å². The van der Waals surface area contributed by atoms with Crippen molar-refractivity contribution in [2.75, 3.05) is 0 Å². The number of rotatable bonds is 4. The van der Waals surface area contributed by atoms with Crippen LogP contribution in [0.3, 0.4) is 0 Å². The lowest BCUT2D eigenvalue weighted by Gasteiger charge is -2.29. The summed E-state index contributed by atoms with van der Waals surface area (Å²) < 4.78 is 5.84. The van der Waals surface area contributed by atoms with E-state index >= 15 is 0 Å². The third-order valence-corrected chi connectivity index (χ3v) is 4.26. The summed E-state index contributed by atoms with van der Waals surface area (Å²) in [6, 6.07) is 17.3. The lowest BCUT2D eigenvalue weighted by atomic mass is 10.1. The molecule has 0 saturated heterocycles. The predicted octanol–water partition coefficient (Wildman–Crippen LogP) is 3.30. The van der Waals surface area contributed by atoms with Crippen LogP contribution in [0, 0.1) is 11.3 Å². The number of benzene rings is 2. The minimum Gasteiger partial charge on any atom is -0.480 e. The molecule has 0 radical (unpaired) electrons. The minimum absolute atomic E-state index is 0.00515. The maximum Gasteiger partial charge on any atom is 0.264 e. The highest BCUT2D eigenvalue weighted by atomic mass is 16.5. The molecule has 1 unspecified atom stereocenters. The van der Waals surface area contributed by atoms with Gasteiger partial charge in [-0.3, -0.25) is 4.79 Å². The SMILES string of the molecule is CC(C)N(Cc1ccc(C#N)cc1)C(=O)C1Cc2ccccc2O1. The van der Waals surface area contributed by atoms with E-state index < -0.39 is 6.10 Å². The number of nitrogens with zero attached hydrogens (tertiary/aromatic N) is 2. The highest BCUT2D eigenvalue weighted by Gasteiger charge is 2.33. The van der Waals surface area contributed by atoms with Gasteiger partial charge in [0.1, 0.15) is 5.75 Å². The number of hydrogen-bond donors (Lipinski definition) is 0. The summed E-state index contributed by atoms with van der Waals surface area (Å²) in [4.78, 5) is 14.8. The smallest absolute Gasteiger partial charge is 0.264 e. The zero-order chi connectivity index (χ0) is 17.1. The Morgan fingerprint density at radius 2 is 1.96 bits per heavy atom. The van der Waals surface area contributed by atoms with Crippen molar-refractivity contribution >= 4 is 5.91 Å². The van der Waals surface area contributed by atoms with Crippen molar-refractivity contribution < 1.29 is 9.53 Å². The van der Waals surface area contributed by atoms with Gasteiger partial charge < -0.3 is 9.64 Å². The van der Waals surface area contributed by atoms with Crippen LogP contribution in [-0.2, 0) is 17.8 Å². The van der Waals surface area contributed by atoms with Gasteiger partial charge in [0.05, 0.1) is 11.6 Å². The van der Waals surface area contributed by atoms with Crippen molar-refractivity contribution in [3.05, 3.63) is 65.2 Å². The molecular weight excluding hydrogens is 300 g/mol. The summed E-state index contributed by atoms with van der Waals surface area (Å²) in [5.41, 5.74) is 2.71. The van der Waals surface area contributed by atoms with Gasteiger partial charge in [0.2, 0.25) is 0 Å². The Morgan fingerprint density at radius 3 is 2.58 bits per heavy atom. The molecule has 24 heavy (non-hydrogen) atoms. The topological polar surface area (TPSA) is 53.3 Å². The maximum absolute atomic E-state index is 12.9. The number of fused-ring (bicyclic) bond motifs is 1. The third kappa shape index (κ3) is 3.26. The second kappa shape index (κ2) is 6.76. The first-order chi connectivity index (χ1) is 11.6. The Bertz CT molecular complexity index is 750. The highest BCUT2D eigenvalue weighted by molar-refractivity contribution is 5.83. The monoisotopic (exact) mass is 320 g/mol. The van der Waals surface area contributed by atoms with E-state index in [1.54, 1.807) is 12.1 Å². The molecule has 0 saturated carbocycles. The van der Waals surface area contributed by atoms with Crippen LogP contribution in [0.2, 0.25) is 0 Å². The van der Waals surface area contributed by atoms with Crippen LogP contribution in [0.4, 0.5) is 0 Å². The molecule has 4 heteroatoms. The van der Waals surface area contributed by atoms with Gasteiger partial charge in [0.25, 0.3) is 5.91 Å². The minimum atomic E-state index is -0.455. The molecule has 2 aromatic carbocycles. The van der Waals surface area contributed by atoms with Gasteiger partial charge in [-0.15, -0.1) is 0 Å². The molecule has 1 aliphatic heterocycles. The largest absolute Gasteiger partial charge is 0.480 e. The Hall–Kier alpha value is -2.80. The fraction of sp³-hybridized carbons (Fsp3) is 0.300. The molecule has 0 spiro atoms. The molecule has 1 amide bonds. The zero-order valence-corrected chi connectivity index (χ0v) is 13.9. The van der Waals surface area contributed by atoms with Gasteiger partial charge in [0.15, 0.2) is 6.10 Å². The van der Waals surface area contributed by atoms with Crippen LogP contribution in [0.5, 0.6) is 5.75 Å². The fourth-order valence-corrected chi connectivity index (χ4v) is 2.90. The van der Waals surface area contributed by atoms with Gasteiger partial charge in [-0.1, -0.05) is 30.3 Å². The lowest BCUT2D eigenvalue weighted by Crippen LogP contribution is -2.44. The summed E-state index contributed by atoms with van der Waals surface area (Å²) in [6.07, 6.45) is 0.161. The summed E-state index contributed by atoms with van der Waals surface area (Å²) in [5.74, 6) is 0.809. The van der Waals surface area contributed by atoms with E-state index in [2.05, 4.69) is 6.07 Å². The molecule has 2 aromatic rings. The van der Waals surface area contributed by atoms with Crippen LogP contribution in [0.1, 0.15) is 30.5 Å². The van der Waals surface area contributed by atoms with Gasteiger partial charge >= 0.3 is 0 Å². The van der Waals surface area contributed by atoms with Gasteiger partial charge in [-0.25, -0.2) is 0 Å². The Kier molecular flexibility index (Phi) is 4.52. The number of ether oxygens (including phenoxy) is 1. The molecule has 1 atom stereocenters. The normalized spacial score (nSPS) is 15.5. The van der Waals surface area contributed by atoms with Crippen molar-refractivity contribution in [2.24, 2.45) is 0 Å². The average Bonchev–Trinajstić information content (AvgIpc) is 3.03. The quantitative estimate of drug-likeness (QED) is 0.868. The molecular formula is C20H20N2O2. The Labute approximate surface area is 142 Å². The Balaban J connectivity index is 1.74. The average molecular weight is 320 g/mol. The predicted molar refractivity (Wildman–Crippen MR) is 91.4 cm³/mol. The van der Waals surface area contributed by atoms with Crippen molar-refractivity contribution in [3.63, 3.8) is 0 Å². The second-order valence-electron chi connectivity index (χ2n) is 6.29. The number of para-hydroxylation sites is 1. The fourth-order valence-electron chi connectivity index (χ4n) is 2.90. The van der Waals surface area contributed by atoms with E-state index in [9.17, 15) is 4.79 Å². The summed E-state index contributed by atoms with van der Waals surface area (Å²) in [7, 11) is 0. The molecule has 1 heterocycles. The molecule has 0 aliphatic carbocycles. The van der Waals surface area contributed by atoms with E-state index in [0.29, 0.717) is 18.5 Å². The van der Waals surface area contributed by atoms with E-state index in [1.807, 2.05) is 55.1 Å². The van der Waals surface area contributed by atoms with Crippen LogP contribution in [-0.4, -0.2) is 23.0 Å². The molecule has 4 nitrogen and oxygen atoms in total. The van der Waals surface area contributed by atoms with Crippen molar-refractivity contribution in [3.8, 4) is 11.8 Å². The second-order valence-corrected chi connectivity index (χ2v) is 6.29.